The first-order valence-electron chi connectivity index (χ1n) is 29.1. The fourth-order valence-electron chi connectivity index (χ4n) is 12.6. The quantitative estimate of drug-likeness (QED) is 0.0936. The molecular formula is C63H82Cl2F3N7O9. The number of halogens is 5. The van der Waals surface area contributed by atoms with Crippen LogP contribution in [0.5, 0.6) is 11.5 Å². The van der Waals surface area contributed by atoms with Gasteiger partial charge in [0.2, 0.25) is 5.91 Å². The first kappa shape index (κ1) is 65.4. The van der Waals surface area contributed by atoms with E-state index in [1.54, 1.807) is 53.4 Å². The van der Waals surface area contributed by atoms with Crippen LogP contribution in [0.2, 0.25) is 10.0 Å². The van der Waals surface area contributed by atoms with E-state index in [-0.39, 0.29) is 11.8 Å². The van der Waals surface area contributed by atoms with Gasteiger partial charge < -0.3 is 45.0 Å². The van der Waals surface area contributed by atoms with Gasteiger partial charge in [-0.2, -0.15) is 13.2 Å². The van der Waals surface area contributed by atoms with Crippen molar-refractivity contribution in [3.05, 3.63) is 123 Å². The van der Waals surface area contributed by atoms with Crippen LogP contribution < -0.4 is 20.1 Å². The van der Waals surface area contributed by atoms with Crippen LogP contribution in [0.25, 0.3) is 0 Å². The predicted octanol–water partition coefficient (Wildman–Crippen LogP) is 10.1. The summed E-state index contributed by atoms with van der Waals surface area (Å²) in [7, 11) is 10.2. The lowest BCUT2D eigenvalue weighted by Gasteiger charge is -2.48. The van der Waals surface area contributed by atoms with Crippen molar-refractivity contribution in [2.75, 3.05) is 100 Å². The Morgan fingerprint density at radius 2 is 1.12 bits per heavy atom. The van der Waals surface area contributed by atoms with Crippen LogP contribution in [-0.2, 0) is 31.6 Å². The third kappa shape index (κ3) is 16.2. The van der Waals surface area contributed by atoms with Gasteiger partial charge in [0.15, 0.2) is 0 Å². The molecule has 0 radical (unpaired) electrons. The molecule has 10 rings (SSSR count). The normalized spacial score (nSPS) is 19.1. The fraction of sp³-hybridized carbons (Fsp3) is 0.540. The summed E-state index contributed by atoms with van der Waals surface area (Å²) in [6.45, 7) is 8.29. The second-order valence-electron chi connectivity index (χ2n) is 23.4. The van der Waals surface area contributed by atoms with Crippen molar-refractivity contribution in [3.8, 4) is 11.5 Å². The van der Waals surface area contributed by atoms with Crippen molar-refractivity contribution in [2.45, 2.75) is 119 Å². The molecule has 2 saturated carbocycles. The monoisotopic (exact) mass is 1210 g/mol. The molecule has 16 nitrogen and oxygen atoms in total. The van der Waals surface area contributed by atoms with Gasteiger partial charge in [-0.05, 0) is 148 Å². The average molecular weight is 1210 g/mol. The number of nitrogens with one attached hydrogen (secondary N) is 2. The van der Waals surface area contributed by atoms with E-state index in [0.717, 1.165) is 150 Å². The maximum atomic E-state index is 13.9. The highest BCUT2D eigenvalue weighted by Crippen LogP contribution is 2.45. The number of carboxylic acids is 2. The summed E-state index contributed by atoms with van der Waals surface area (Å²) in [5.74, 6) is -1.03. The smallest absolute Gasteiger partial charge is 0.490 e. The largest absolute Gasteiger partial charge is 0.497 e. The van der Waals surface area contributed by atoms with Crippen LogP contribution in [0.4, 0.5) is 18.9 Å². The summed E-state index contributed by atoms with van der Waals surface area (Å²) in [5.41, 5.74) is 4.18. The molecule has 4 aliphatic heterocycles. The van der Waals surface area contributed by atoms with Crippen molar-refractivity contribution < 1.29 is 56.8 Å². The van der Waals surface area contributed by atoms with Crippen LogP contribution in [0.1, 0.15) is 114 Å². The zero-order valence-corrected chi connectivity index (χ0v) is 50.6. The van der Waals surface area contributed by atoms with E-state index in [1.165, 1.54) is 36.4 Å². The Balaban J connectivity index is 0.000000186. The van der Waals surface area contributed by atoms with Crippen molar-refractivity contribution in [2.24, 2.45) is 5.92 Å². The molecular weight excluding hydrogens is 1130 g/mol. The van der Waals surface area contributed by atoms with Gasteiger partial charge in [-0.1, -0.05) is 79.2 Å². The molecule has 4 aromatic rings. The Morgan fingerprint density at radius 3 is 1.58 bits per heavy atom. The zero-order valence-electron chi connectivity index (χ0n) is 49.1. The average Bonchev–Trinajstić information content (AvgIpc) is 3.06. The van der Waals surface area contributed by atoms with E-state index < -0.39 is 28.9 Å². The third-order valence-corrected chi connectivity index (χ3v) is 18.0. The van der Waals surface area contributed by atoms with Crippen molar-refractivity contribution >= 4 is 58.5 Å². The van der Waals surface area contributed by atoms with Crippen LogP contribution in [0.15, 0.2) is 84.9 Å². The molecule has 3 amide bonds. The number of benzene rings is 4. The number of likely N-dealkylation sites (tertiary alicyclic amines) is 3. The number of carbonyl (C=O) groups is 5. The molecule has 6 aliphatic rings. The minimum absolute atomic E-state index is 0.0396. The minimum Gasteiger partial charge on any atom is -0.497 e. The summed E-state index contributed by atoms with van der Waals surface area (Å²) in [4.78, 5) is 68.9. The highest BCUT2D eigenvalue weighted by Gasteiger charge is 2.47. The van der Waals surface area contributed by atoms with Crippen molar-refractivity contribution in [1.29, 1.82) is 0 Å². The minimum atomic E-state index is -5.08. The Morgan fingerprint density at radius 1 is 0.655 bits per heavy atom. The second-order valence-corrected chi connectivity index (χ2v) is 24.2. The van der Waals surface area contributed by atoms with E-state index in [0.29, 0.717) is 39.2 Å². The number of carboxylic acid groups (broad SMARTS) is 2. The number of amides is 3. The van der Waals surface area contributed by atoms with Crippen LogP contribution >= 0.6 is 23.2 Å². The Kier molecular flexibility index (Phi) is 22.8. The molecule has 21 heteroatoms. The molecule has 0 atom stereocenters. The zero-order chi connectivity index (χ0) is 60.9. The molecule has 2 aliphatic carbocycles. The van der Waals surface area contributed by atoms with Gasteiger partial charge in [-0.15, -0.1) is 0 Å². The van der Waals surface area contributed by atoms with Crippen LogP contribution in [0.3, 0.4) is 0 Å². The van der Waals surface area contributed by atoms with Crippen molar-refractivity contribution in [3.63, 3.8) is 0 Å². The van der Waals surface area contributed by atoms with Gasteiger partial charge in [0.25, 0.3) is 11.8 Å². The molecule has 4 saturated heterocycles. The highest BCUT2D eigenvalue weighted by molar-refractivity contribution is 6.34. The molecule has 0 unspecified atom stereocenters. The number of ether oxygens (including phenoxy) is 2. The molecule has 0 bridgehead atoms. The van der Waals surface area contributed by atoms with Crippen molar-refractivity contribution in [1.82, 2.24) is 29.8 Å². The number of anilines is 1. The number of methoxy groups -OCH3 is 2. The van der Waals surface area contributed by atoms with E-state index in [1.807, 2.05) is 60.7 Å². The number of piperidine rings is 2. The molecule has 84 heavy (non-hydrogen) atoms. The first-order chi connectivity index (χ1) is 40.0. The standard InChI is InChI=1S/C30H39ClN4O3.C18H26ClN3O.C13H16O3.C2HF3O2/c1-33(2)28(36)26-10-9-22(18-27(26)31)32-23-19-35(20-23)24-11-15-34(16-12-24)29(37)30(13-4-5-14-30)21-7-6-8-25(17-21)38-3;1-21(2)18(23)16-4-3-13(10-17(16)19)9-14-11-22(12-14)15-5-7-20-8-6-15;1-16-11-6-4-5-10(9-11)13(12(14)15)7-2-3-8-13;3-2(4,5)1(6)7/h6-10,17-18,23-24,32H,4-5,11-16,19-20H2,1-3H3;3-4,10,14-15,20H,5-9,11-12H2,1-2H3;4-6,9H,2-3,7-8H2,1H3,(H,14,15);(H,6,7). The summed E-state index contributed by atoms with van der Waals surface area (Å²) < 4.78 is 42.3. The molecule has 4 N–H and O–H groups in total. The van der Waals surface area contributed by atoms with Gasteiger partial charge >= 0.3 is 18.1 Å². The Labute approximate surface area is 501 Å². The summed E-state index contributed by atoms with van der Waals surface area (Å²) in [5, 5.41) is 24.6. The number of rotatable bonds is 14. The number of hydrogen-bond donors (Lipinski definition) is 4. The summed E-state index contributed by atoms with van der Waals surface area (Å²) in [6.07, 6.45) is 8.04. The number of alkyl halides is 3. The predicted molar refractivity (Wildman–Crippen MR) is 320 cm³/mol. The molecule has 4 heterocycles. The Bertz CT molecular complexity index is 2890. The van der Waals surface area contributed by atoms with E-state index in [2.05, 4.69) is 43.5 Å². The summed E-state index contributed by atoms with van der Waals surface area (Å²) >= 11 is 12.7. The van der Waals surface area contributed by atoms with E-state index >= 15 is 0 Å². The molecule has 0 aromatic heterocycles. The molecule has 6 fully saturated rings. The lowest BCUT2D eigenvalue weighted by atomic mass is 9.77. The number of hydrogen-bond acceptors (Lipinski definition) is 11. The lowest BCUT2D eigenvalue weighted by molar-refractivity contribution is -0.192. The summed E-state index contributed by atoms with van der Waals surface area (Å²) in [6, 6.07) is 28.6. The van der Waals surface area contributed by atoms with Gasteiger partial charge in [0, 0.05) is 85.2 Å². The topological polar surface area (TPSA) is 185 Å². The molecule has 0 spiro atoms. The molecule has 4 aromatic carbocycles. The van der Waals surface area contributed by atoms with Gasteiger partial charge in [-0.25, -0.2) is 4.79 Å². The second kappa shape index (κ2) is 29.3. The van der Waals surface area contributed by atoms with Crippen LogP contribution in [-0.4, -0.2) is 183 Å². The number of nitrogens with zero attached hydrogens (tertiary/aromatic N) is 5. The third-order valence-electron chi connectivity index (χ3n) is 17.4. The fourth-order valence-corrected chi connectivity index (χ4v) is 13.1. The van der Waals surface area contributed by atoms with Crippen LogP contribution in [0, 0.1) is 5.92 Å². The maximum absolute atomic E-state index is 13.9. The van der Waals surface area contributed by atoms with Gasteiger partial charge in [0.05, 0.1) is 52.3 Å². The number of aliphatic carboxylic acids is 2. The number of carbonyl (C=O) groups excluding carboxylic acids is 3. The SMILES string of the molecule is CN(C)C(=O)c1ccc(CC2CN(C3CCNCC3)C2)cc1Cl.COc1cccc(C2(C(=O)N3CCC(N4CC(Nc5ccc(C(=O)N(C)C)c(Cl)c5)C4)CC3)CCCC2)c1.COc1cccc(C2(C(=O)O)CCCC2)c1.O=C(O)C(F)(F)F. The van der Waals surface area contributed by atoms with Gasteiger partial charge in [0.1, 0.15) is 11.5 Å². The highest BCUT2D eigenvalue weighted by atomic mass is 35.5. The van der Waals surface area contributed by atoms with E-state index in [9.17, 15) is 37.5 Å². The van der Waals surface area contributed by atoms with E-state index in [4.69, 9.17) is 42.6 Å². The first-order valence-corrected chi connectivity index (χ1v) is 29.8. The lowest BCUT2D eigenvalue weighted by Crippen LogP contribution is -2.61. The molecule has 458 valence electrons. The maximum Gasteiger partial charge on any atom is 0.490 e. The Hall–Kier alpha value is -6.12. The van der Waals surface area contributed by atoms with Gasteiger partial charge in [-0.3, -0.25) is 29.0 Å².